The number of hydrogen-bond donors (Lipinski definition) is 0. The molecular weight excluding hydrogens is 94.9 g/mol. The van der Waals surface area contributed by atoms with Crippen molar-refractivity contribution in [2.45, 2.75) is 6.32 Å². The van der Waals surface area contributed by atoms with Crippen LogP contribution < -0.4 is 0 Å². The zero-order valence-corrected chi connectivity index (χ0v) is 6.02. The van der Waals surface area contributed by atoms with Gasteiger partial charge < -0.3 is 4.43 Å². The van der Waals surface area contributed by atoms with Crippen LogP contribution in [0, 0.1) is 0 Å². The summed E-state index contributed by atoms with van der Waals surface area (Å²) in [5.41, 5.74) is 0. The van der Waals surface area contributed by atoms with Gasteiger partial charge in [0.25, 0.3) is 5.97 Å². The fraction of sp³-hybridized carbons (Fsp3) is 0.500. The predicted molar refractivity (Wildman–Crippen MR) is 30.5 cm³/mol. The van der Waals surface area contributed by atoms with Gasteiger partial charge in [0.15, 0.2) is 0 Å². The van der Waals surface area contributed by atoms with Gasteiger partial charge in [0.05, 0.1) is 0 Å². The van der Waals surface area contributed by atoms with Crippen molar-refractivity contribution >= 4 is 24.3 Å². The van der Waals surface area contributed by atoms with Gasteiger partial charge in [0.1, 0.15) is 7.85 Å². The van der Waals surface area contributed by atoms with E-state index in [1.807, 2.05) is 0 Å². The van der Waals surface area contributed by atoms with Gasteiger partial charge >= 0.3 is 1.43 Å². The molecule has 0 radical (unpaired) electrons. The summed E-state index contributed by atoms with van der Waals surface area (Å²) in [5.74, 6) is -0.0957. The first-order chi connectivity index (χ1) is 2.81. The van der Waals surface area contributed by atoms with Gasteiger partial charge in [-0.1, -0.05) is 0 Å². The monoisotopic (exact) mass is 103 g/mol. The smallest absolute Gasteiger partial charge is 0.529 e. The molecule has 0 fully saturated rings. The molecule has 2 nitrogen and oxygen atoms in total. The number of rotatable bonds is 1. The highest BCUT2D eigenvalue weighted by atomic mass is 28.2. The van der Waals surface area contributed by atoms with E-state index >= 15 is 0 Å². The summed E-state index contributed by atoms with van der Waals surface area (Å²) in [7, 11) is 2.31. The number of carbonyl (C=O) groups is 1. The average molecular weight is 103 g/mol. The highest BCUT2D eigenvalue weighted by Crippen LogP contribution is 1.72. The van der Waals surface area contributed by atoms with Crippen LogP contribution >= 0.6 is 0 Å². The molecule has 0 saturated carbocycles. The molecule has 0 aliphatic rings. The third-order valence-electron chi connectivity index (χ3n) is 0.516. The van der Waals surface area contributed by atoms with Crippen molar-refractivity contribution < 1.29 is 10.6 Å². The maximum absolute atomic E-state index is 9.99. The van der Waals surface area contributed by atoms with Crippen LogP contribution in [-0.2, 0) is 9.22 Å². The second-order valence-corrected chi connectivity index (χ2v) is 1.34. The highest BCUT2D eigenvalue weighted by Gasteiger charge is 1.86. The molecule has 0 N–H and O–H groups in total. The Hall–Kier alpha value is -0.248. The van der Waals surface area contributed by atoms with Crippen LogP contribution in [0.3, 0.4) is 0 Å². The first kappa shape index (κ1) is 5.75. The Morgan fingerprint density at radius 3 is 2.67 bits per heavy atom. The Kier molecular flexibility index (Phi) is 2.84. The first-order valence-electron chi connectivity index (χ1n) is 1.88. The number of carbonyl (C=O) groups excluding carboxylic acids is 1. The van der Waals surface area contributed by atoms with Gasteiger partial charge in [-0.3, -0.25) is 4.79 Å². The maximum atomic E-state index is 9.99. The quantitative estimate of drug-likeness (QED) is 0.358. The maximum Gasteiger partial charge on any atom is 1.00 e. The van der Waals surface area contributed by atoms with Crippen molar-refractivity contribution in [1.29, 1.82) is 0 Å². The second-order valence-electron chi connectivity index (χ2n) is 0.930. The molecule has 0 aliphatic heterocycles. The Morgan fingerprint density at radius 1 is 2.17 bits per heavy atom. The molecular formula is C2H8BO2Si+. The van der Waals surface area contributed by atoms with Crippen molar-refractivity contribution in [3.8, 4) is 0 Å². The summed E-state index contributed by atoms with van der Waals surface area (Å²) >= 11 is 0. The summed E-state index contributed by atoms with van der Waals surface area (Å²) < 4.78 is 4.40. The lowest BCUT2D eigenvalue weighted by atomic mass is 10.1. The minimum absolute atomic E-state index is 0. The average Bonchev–Trinajstić information content (AvgIpc) is 1.65. The van der Waals surface area contributed by atoms with Crippen LogP contribution in [0.5, 0.6) is 0 Å². The Labute approximate surface area is 42.3 Å². The SMILES string of the molecule is BCC(=O)O[SiH3].[H+]. The molecule has 0 unspecified atom stereocenters. The molecule has 0 aliphatic carbocycles. The molecule has 0 rings (SSSR count). The standard InChI is InChI=1S/C2H7BO2Si/c3-1-2(4)5-6/h1,3H2,6H3/p+1. The Balaban J connectivity index is 0. The van der Waals surface area contributed by atoms with Crippen molar-refractivity contribution in [1.82, 2.24) is 0 Å². The largest absolute Gasteiger partial charge is 1.00 e. The van der Waals surface area contributed by atoms with E-state index in [0.717, 1.165) is 0 Å². The third-order valence-corrected chi connectivity index (χ3v) is 0.972. The summed E-state index contributed by atoms with van der Waals surface area (Å²) in [6.45, 7) is 0. The summed E-state index contributed by atoms with van der Waals surface area (Å²) in [6.07, 6.45) is 0.503. The third kappa shape index (κ3) is 2.02. The molecule has 0 aromatic rings. The van der Waals surface area contributed by atoms with Crippen LogP contribution in [-0.4, -0.2) is 24.3 Å². The van der Waals surface area contributed by atoms with E-state index in [1.165, 1.54) is 0 Å². The minimum atomic E-state index is -0.0957. The fourth-order valence-electron chi connectivity index (χ4n) is 0.144. The van der Waals surface area contributed by atoms with Crippen LogP contribution in [0.2, 0.25) is 6.32 Å². The lowest BCUT2D eigenvalue weighted by Crippen LogP contribution is -1.97. The van der Waals surface area contributed by atoms with Gasteiger partial charge in [-0.05, 0) is 0 Å². The fourth-order valence-corrected chi connectivity index (χ4v) is 0.433. The predicted octanol–water partition coefficient (Wildman–Crippen LogP) is -2.03. The van der Waals surface area contributed by atoms with Gasteiger partial charge in [-0.25, -0.2) is 0 Å². The summed E-state index contributed by atoms with van der Waals surface area (Å²) in [4.78, 5) is 9.99. The van der Waals surface area contributed by atoms with Crippen molar-refractivity contribution in [2.24, 2.45) is 0 Å². The van der Waals surface area contributed by atoms with Gasteiger partial charge in [0.2, 0.25) is 10.5 Å². The van der Waals surface area contributed by atoms with E-state index in [4.69, 9.17) is 0 Å². The van der Waals surface area contributed by atoms with Crippen LogP contribution in [0.15, 0.2) is 0 Å². The highest BCUT2D eigenvalue weighted by molar-refractivity contribution is 6.21. The first-order valence-corrected chi connectivity index (χ1v) is 2.69. The van der Waals surface area contributed by atoms with Crippen LogP contribution in [0.4, 0.5) is 0 Å². The van der Waals surface area contributed by atoms with E-state index in [0.29, 0.717) is 16.8 Å². The Bertz CT molecular complexity index is 53.7. The molecule has 0 spiro atoms. The number of hydrogen-bond acceptors (Lipinski definition) is 2. The molecule has 0 bridgehead atoms. The van der Waals surface area contributed by atoms with E-state index in [9.17, 15) is 4.79 Å². The van der Waals surface area contributed by atoms with Crippen molar-refractivity contribution in [3.05, 3.63) is 0 Å². The normalized spacial score (nSPS) is 8.00. The van der Waals surface area contributed by atoms with E-state index < -0.39 is 0 Å². The molecule has 0 heterocycles. The molecule has 4 heteroatoms. The molecule has 0 saturated heterocycles. The molecule has 0 aromatic heterocycles. The summed E-state index contributed by atoms with van der Waals surface area (Å²) in [5, 5.41) is 0. The lowest BCUT2D eigenvalue weighted by Gasteiger charge is -1.88. The van der Waals surface area contributed by atoms with Crippen molar-refractivity contribution in [2.75, 3.05) is 0 Å². The summed E-state index contributed by atoms with van der Waals surface area (Å²) in [6, 6.07) is 0. The van der Waals surface area contributed by atoms with E-state index in [-0.39, 0.29) is 7.40 Å². The zero-order chi connectivity index (χ0) is 4.99. The Morgan fingerprint density at radius 2 is 2.67 bits per heavy atom. The van der Waals surface area contributed by atoms with Gasteiger partial charge in [0, 0.05) is 6.32 Å². The van der Waals surface area contributed by atoms with Gasteiger partial charge in [-0.15, -0.1) is 0 Å². The van der Waals surface area contributed by atoms with E-state index in [1.54, 1.807) is 7.85 Å². The van der Waals surface area contributed by atoms with Crippen molar-refractivity contribution in [3.63, 3.8) is 0 Å². The topological polar surface area (TPSA) is 26.3 Å². The van der Waals surface area contributed by atoms with Crippen LogP contribution in [0.1, 0.15) is 1.43 Å². The molecule has 6 heavy (non-hydrogen) atoms. The molecule has 0 aromatic carbocycles. The molecule has 34 valence electrons. The molecule has 0 amide bonds. The second kappa shape index (κ2) is 2.96. The van der Waals surface area contributed by atoms with Crippen LogP contribution in [0.25, 0.3) is 0 Å². The van der Waals surface area contributed by atoms with Gasteiger partial charge in [-0.2, -0.15) is 0 Å². The minimum Gasteiger partial charge on any atom is -0.529 e. The van der Waals surface area contributed by atoms with E-state index in [2.05, 4.69) is 4.43 Å². The molecule has 0 atom stereocenters. The lowest BCUT2D eigenvalue weighted by molar-refractivity contribution is -0.131. The zero-order valence-electron chi connectivity index (χ0n) is 5.02.